The maximum atomic E-state index is 10.2. The van der Waals surface area contributed by atoms with E-state index in [1.54, 1.807) is 0 Å². The summed E-state index contributed by atoms with van der Waals surface area (Å²) in [6, 6.07) is 0. The molecule has 15 heavy (non-hydrogen) atoms. The highest BCUT2D eigenvalue weighted by Gasteiger charge is 2.16. The average Bonchev–Trinajstić information content (AvgIpc) is 2.57. The maximum absolute atomic E-state index is 10.2. The van der Waals surface area contributed by atoms with Gasteiger partial charge in [0, 0.05) is 12.3 Å². The average molecular weight is 210 g/mol. The predicted octanol–water partition coefficient (Wildman–Crippen LogP) is 2.12. The second-order valence-corrected chi connectivity index (χ2v) is 3.88. The van der Waals surface area contributed by atoms with Crippen molar-refractivity contribution in [1.29, 1.82) is 0 Å². The van der Waals surface area contributed by atoms with Gasteiger partial charge in [-0.15, -0.1) is 0 Å². The zero-order chi connectivity index (χ0) is 11.1. The van der Waals surface area contributed by atoms with Crippen LogP contribution in [0.4, 0.5) is 0 Å². The van der Waals surface area contributed by atoms with Gasteiger partial charge in [-0.25, -0.2) is 0 Å². The molecule has 0 heterocycles. The first-order valence-electron chi connectivity index (χ1n) is 5.43. The van der Waals surface area contributed by atoms with Gasteiger partial charge in [0.2, 0.25) is 0 Å². The number of rotatable bonds is 6. The van der Waals surface area contributed by atoms with Crippen molar-refractivity contribution in [3.8, 4) is 0 Å². The summed E-state index contributed by atoms with van der Waals surface area (Å²) in [5, 5.41) is 17.9. The third-order valence-electron chi connectivity index (χ3n) is 2.55. The second kappa shape index (κ2) is 6.40. The van der Waals surface area contributed by atoms with Crippen LogP contribution in [0.5, 0.6) is 0 Å². The normalized spacial score (nSPS) is 25.1. The summed E-state index contributed by atoms with van der Waals surface area (Å²) in [7, 11) is 0. The van der Waals surface area contributed by atoms with Crippen LogP contribution in [0.2, 0.25) is 0 Å². The lowest BCUT2D eigenvalue weighted by molar-refractivity contribution is -0.137. The number of allylic oxidation sites excluding steroid dienone is 1. The fourth-order valence-corrected chi connectivity index (χ4v) is 1.64. The van der Waals surface area contributed by atoms with Crippen molar-refractivity contribution in [2.75, 3.05) is 0 Å². The summed E-state index contributed by atoms with van der Waals surface area (Å²) in [5.41, 5.74) is 0. The number of aliphatic hydroxyl groups is 1. The van der Waals surface area contributed by atoms with Gasteiger partial charge in [-0.2, -0.15) is 0 Å². The topological polar surface area (TPSA) is 57.5 Å². The van der Waals surface area contributed by atoms with Crippen molar-refractivity contribution in [1.82, 2.24) is 0 Å². The number of aliphatic hydroxyl groups excluding tert-OH is 1. The summed E-state index contributed by atoms with van der Waals surface area (Å²) < 4.78 is 0. The molecule has 0 aromatic heterocycles. The van der Waals surface area contributed by atoms with Crippen LogP contribution >= 0.6 is 0 Å². The molecule has 2 unspecified atom stereocenters. The minimum atomic E-state index is -0.729. The molecular formula is C12H18O3. The first kappa shape index (κ1) is 12.0. The van der Waals surface area contributed by atoms with Crippen LogP contribution in [0.1, 0.15) is 32.1 Å². The lowest BCUT2D eigenvalue weighted by Crippen LogP contribution is -2.10. The Hall–Kier alpha value is -1.09. The van der Waals surface area contributed by atoms with Crippen LogP contribution in [0.15, 0.2) is 24.3 Å². The minimum Gasteiger partial charge on any atom is -0.481 e. The number of aliphatic carboxylic acids is 1. The highest BCUT2D eigenvalue weighted by Crippen LogP contribution is 2.19. The van der Waals surface area contributed by atoms with E-state index in [2.05, 4.69) is 0 Å². The molecule has 0 fully saturated rings. The van der Waals surface area contributed by atoms with Gasteiger partial charge in [0.15, 0.2) is 0 Å². The summed E-state index contributed by atoms with van der Waals surface area (Å²) in [5.74, 6) is -0.572. The smallest absolute Gasteiger partial charge is 0.303 e. The van der Waals surface area contributed by atoms with Crippen LogP contribution in [0.25, 0.3) is 0 Å². The van der Waals surface area contributed by atoms with E-state index in [1.807, 2.05) is 24.3 Å². The Morgan fingerprint density at radius 1 is 1.47 bits per heavy atom. The van der Waals surface area contributed by atoms with Crippen molar-refractivity contribution in [2.24, 2.45) is 5.92 Å². The van der Waals surface area contributed by atoms with Gasteiger partial charge in [0.25, 0.3) is 0 Å². The Bertz CT molecular complexity index is 256. The minimum absolute atomic E-state index is 0.157. The Morgan fingerprint density at radius 3 is 2.87 bits per heavy atom. The van der Waals surface area contributed by atoms with Crippen molar-refractivity contribution in [3.63, 3.8) is 0 Å². The third-order valence-corrected chi connectivity index (χ3v) is 2.55. The number of hydrogen-bond acceptors (Lipinski definition) is 2. The number of carbonyl (C=O) groups is 1. The van der Waals surface area contributed by atoms with E-state index in [-0.39, 0.29) is 18.4 Å². The first-order valence-corrected chi connectivity index (χ1v) is 5.43. The number of carboxylic acids is 1. The van der Waals surface area contributed by atoms with Crippen molar-refractivity contribution in [3.05, 3.63) is 24.3 Å². The fraction of sp³-hybridized carbons (Fsp3) is 0.583. The van der Waals surface area contributed by atoms with Crippen LogP contribution in [0, 0.1) is 5.92 Å². The van der Waals surface area contributed by atoms with E-state index in [4.69, 9.17) is 5.11 Å². The molecular weight excluding hydrogens is 192 g/mol. The van der Waals surface area contributed by atoms with E-state index in [9.17, 15) is 9.90 Å². The quantitative estimate of drug-likeness (QED) is 0.521. The van der Waals surface area contributed by atoms with Gasteiger partial charge in [-0.3, -0.25) is 4.79 Å². The van der Waals surface area contributed by atoms with Crippen LogP contribution in [-0.2, 0) is 4.79 Å². The molecule has 0 spiro atoms. The molecule has 2 N–H and O–H groups in total. The Labute approximate surface area is 90.1 Å². The SMILES string of the molecule is O=C(O)CCCCC=CC1C=CCC1O. The molecule has 0 bridgehead atoms. The standard InChI is InChI=1S/C12H18O3/c13-11-8-5-7-10(11)6-3-1-2-4-9-12(14)15/h3,5-7,10-11,13H,1-2,4,8-9H2,(H,14,15). The highest BCUT2D eigenvalue weighted by atomic mass is 16.4. The van der Waals surface area contributed by atoms with E-state index in [0.717, 1.165) is 25.7 Å². The monoisotopic (exact) mass is 210 g/mol. The van der Waals surface area contributed by atoms with Crippen LogP contribution in [0.3, 0.4) is 0 Å². The summed E-state index contributed by atoms with van der Waals surface area (Å²) in [6.45, 7) is 0. The fourth-order valence-electron chi connectivity index (χ4n) is 1.64. The zero-order valence-electron chi connectivity index (χ0n) is 8.80. The molecule has 2 atom stereocenters. The van der Waals surface area contributed by atoms with Crippen LogP contribution in [-0.4, -0.2) is 22.3 Å². The molecule has 1 aliphatic rings. The first-order chi connectivity index (χ1) is 7.20. The maximum Gasteiger partial charge on any atom is 0.303 e. The molecule has 0 radical (unpaired) electrons. The molecule has 0 saturated carbocycles. The molecule has 0 aromatic rings. The van der Waals surface area contributed by atoms with E-state index in [1.165, 1.54) is 0 Å². The summed E-state index contributed by atoms with van der Waals surface area (Å²) in [4.78, 5) is 10.2. The lowest BCUT2D eigenvalue weighted by atomic mass is 10.0. The molecule has 0 aromatic carbocycles. The Kier molecular flexibility index (Phi) is 5.12. The summed E-state index contributed by atoms with van der Waals surface area (Å²) >= 11 is 0. The van der Waals surface area contributed by atoms with Gasteiger partial charge in [-0.05, 0) is 25.7 Å². The molecule has 0 saturated heterocycles. The Morgan fingerprint density at radius 2 is 2.27 bits per heavy atom. The largest absolute Gasteiger partial charge is 0.481 e. The van der Waals surface area contributed by atoms with E-state index >= 15 is 0 Å². The number of carboxylic acid groups (broad SMARTS) is 1. The molecule has 3 heteroatoms. The van der Waals surface area contributed by atoms with Gasteiger partial charge in [-0.1, -0.05) is 24.3 Å². The number of unbranched alkanes of at least 4 members (excludes halogenated alkanes) is 2. The van der Waals surface area contributed by atoms with E-state index < -0.39 is 5.97 Å². The Balaban J connectivity index is 2.06. The van der Waals surface area contributed by atoms with Gasteiger partial charge < -0.3 is 10.2 Å². The molecule has 0 aliphatic heterocycles. The van der Waals surface area contributed by atoms with Crippen molar-refractivity contribution >= 4 is 5.97 Å². The van der Waals surface area contributed by atoms with Gasteiger partial charge >= 0.3 is 5.97 Å². The van der Waals surface area contributed by atoms with Crippen molar-refractivity contribution < 1.29 is 15.0 Å². The molecule has 3 nitrogen and oxygen atoms in total. The molecule has 1 aliphatic carbocycles. The van der Waals surface area contributed by atoms with E-state index in [0.29, 0.717) is 0 Å². The summed E-state index contributed by atoms with van der Waals surface area (Å²) in [6.07, 6.45) is 11.3. The molecule has 1 rings (SSSR count). The third kappa shape index (κ3) is 4.79. The second-order valence-electron chi connectivity index (χ2n) is 3.88. The molecule has 84 valence electrons. The highest BCUT2D eigenvalue weighted by molar-refractivity contribution is 5.66. The number of hydrogen-bond donors (Lipinski definition) is 2. The van der Waals surface area contributed by atoms with Gasteiger partial charge in [0.1, 0.15) is 0 Å². The van der Waals surface area contributed by atoms with Crippen LogP contribution < -0.4 is 0 Å². The van der Waals surface area contributed by atoms with Gasteiger partial charge in [0.05, 0.1) is 6.10 Å². The lowest BCUT2D eigenvalue weighted by Gasteiger charge is -2.07. The van der Waals surface area contributed by atoms with Crippen molar-refractivity contribution in [2.45, 2.75) is 38.2 Å². The molecule has 0 amide bonds. The zero-order valence-corrected chi connectivity index (χ0v) is 8.80. The predicted molar refractivity (Wildman–Crippen MR) is 58.5 cm³/mol.